The molecule has 25 heavy (non-hydrogen) atoms. The summed E-state index contributed by atoms with van der Waals surface area (Å²) in [5.41, 5.74) is 3.43. The van der Waals surface area contributed by atoms with Gasteiger partial charge in [0, 0.05) is 31.4 Å². The molecule has 1 aliphatic rings. The van der Waals surface area contributed by atoms with Crippen LogP contribution >= 0.6 is 0 Å². The minimum absolute atomic E-state index is 0.197. The Balaban J connectivity index is 1.59. The summed E-state index contributed by atoms with van der Waals surface area (Å²) in [6.07, 6.45) is 2.19. The van der Waals surface area contributed by atoms with Gasteiger partial charge in [-0.05, 0) is 61.2 Å². The number of piperidine rings is 1. The lowest BCUT2D eigenvalue weighted by atomic mass is 10.0. The monoisotopic (exact) mass is 342 g/mol. The second-order valence-corrected chi connectivity index (χ2v) is 6.60. The van der Waals surface area contributed by atoms with E-state index >= 15 is 0 Å². The van der Waals surface area contributed by atoms with E-state index in [1.807, 2.05) is 25.1 Å². The van der Waals surface area contributed by atoms with Crippen molar-refractivity contribution in [2.75, 3.05) is 18.0 Å². The Morgan fingerprint density at radius 1 is 1.28 bits per heavy atom. The number of rotatable bonds is 5. The van der Waals surface area contributed by atoms with Crippen LogP contribution in [0.3, 0.4) is 0 Å². The third-order valence-corrected chi connectivity index (χ3v) is 4.72. The zero-order chi connectivity index (χ0) is 17.8. The smallest absolute Gasteiger partial charge is 0.335 e. The van der Waals surface area contributed by atoms with Gasteiger partial charge >= 0.3 is 5.97 Å². The largest absolute Gasteiger partial charge is 0.478 e. The fraction of sp³-hybridized carbons (Fsp3) is 0.350. The van der Waals surface area contributed by atoms with Gasteiger partial charge in [-0.3, -0.25) is 0 Å². The molecule has 1 fully saturated rings. The van der Waals surface area contributed by atoms with Gasteiger partial charge in [0.15, 0.2) is 0 Å². The van der Waals surface area contributed by atoms with E-state index in [9.17, 15) is 9.18 Å². The minimum Gasteiger partial charge on any atom is -0.478 e. The van der Waals surface area contributed by atoms with Crippen molar-refractivity contribution in [3.8, 4) is 0 Å². The molecule has 3 rings (SSSR count). The first-order chi connectivity index (χ1) is 12.0. The number of aryl methyl sites for hydroxylation is 1. The van der Waals surface area contributed by atoms with Crippen LogP contribution in [0.2, 0.25) is 0 Å². The van der Waals surface area contributed by atoms with E-state index in [1.54, 1.807) is 18.2 Å². The van der Waals surface area contributed by atoms with Gasteiger partial charge in [-0.1, -0.05) is 12.1 Å². The van der Waals surface area contributed by atoms with Crippen LogP contribution in [0, 0.1) is 12.7 Å². The van der Waals surface area contributed by atoms with Crippen LogP contribution in [0.1, 0.15) is 34.3 Å². The van der Waals surface area contributed by atoms with Gasteiger partial charge in [0.05, 0.1) is 5.56 Å². The summed E-state index contributed by atoms with van der Waals surface area (Å²) in [6, 6.07) is 12.3. The van der Waals surface area contributed by atoms with E-state index in [4.69, 9.17) is 5.11 Å². The summed E-state index contributed by atoms with van der Waals surface area (Å²) in [4.78, 5) is 13.2. The maximum Gasteiger partial charge on any atom is 0.335 e. The molecular weight excluding hydrogens is 319 g/mol. The molecule has 1 heterocycles. The predicted octanol–water partition coefficient (Wildman–Crippen LogP) is 3.59. The van der Waals surface area contributed by atoms with E-state index < -0.39 is 5.97 Å². The van der Waals surface area contributed by atoms with Gasteiger partial charge in [0.2, 0.25) is 0 Å². The van der Waals surface area contributed by atoms with Gasteiger partial charge in [-0.15, -0.1) is 0 Å². The second kappa shape index (κ2) is 7.66. The SMILES string of the molecule is Cc1cc(F)ccc1N1CCCC(NCc2ccc(C(=O)O)cc2)C1. The first kappa shape index (κ1) is 17.4. The lowest BCUT2D eigenvalue weighted by Crippen LogP contribution is -2.45. The Bertz CT molecular complexity index is 746. The first-order valence-electron chi connectivity index (χ1n) is 8.59. The molecule has 1 aliphatic heterocycles. The lowest BCUT2D eigenvalue weighted by molar-refractivity contribution is 0.0697. The van der Waals surface area contributed by atoms with Crippen molar-refractivity contribution in [3.63, 3.8) is 0 Å². The number of benzene rings is 2. The minimum atomic E-state index is -0.905. The molecule has 1 unspecified atom stereocenters. The highest BCUT2D eigenvalue weighted by atomic mass is 19.1. The predicted molar refractivity (Wildman–Crippen MR) is 96.6 cm³/mol. The van der Waals surface area contributed by atoms with Gasteiger partial charge in [-0.2, -0.15) is 0 Å². The summed E-state index contributed by atoms with van der Waals surface area (Å²) in [6.45, 7) is 4.53. The van der Waals surface area contributed by atoms with Crippen LogP contribution in [0.4, 0.5) is 10.1 Å². The van der Waals surface area contributed by atoms with E-state index in [1.165, 1.54) is 6.07 Å². The standard InChI is InChI=1S/C20H23FN2O2/c1-14-11-17(21)8-9-19(14)23-10-2-3-18(13-23)22-12-15-4-6-16(7-5-15)20(24)25/h4-9,11,18,22H,2-3,10,12-13H2,1H3,(H,24,25). The van der Waals surface area contributed by atoms with Crippen molar-refractivity contribution in [1.29, 1.82) is 0 Å². The number of hydrogen-bond donors (Lipinski definition) is 2. The highest BCUT2D eigenvalue weighted by molar-refractivity contribution is 5.87. The fourth-order valence-corrected chi connectivity index (χ4v) is 3.36. The molecule has 0 radical (unpaired) electrons. The Kier molecular flexibility index (Phi) is 5.34. The number of nitrogens with one attached hydrogen (secondary N) is 1. The van der Waals surface area contributed by atoms with Crippen molar-refractivity contribution in [1.82, 2.24) is 5.32 Å². The number of carbonyl (C=O) groups is 1. The highest BCUT2D eigenvalue weighted by Crippen LogP contribution is 2.24. The Hall–Kier alpha value is -2.40. The topological polar surface area (TPSA) is 52.6 Å². The molecule has 0 spiro atoms. The molecular formula is C20H23FN2O2. The molecule has 4 nitrogen and oxygen atoms in total. The number of hydrogen-bond acceptors (Lipinski definition) is 3. The lowest BCUT2D eigenvalue weighted by Gasteiger charge is -2.35. The summed E-state index contributed by atoms with van der Waals surface area (Å²) in [5, 5.41) is 12.5. The zero-order valence-electron chi connectivity index (χ0n) is 14.3. The van der Waals surface area contributed by atoms with Gasteiger partial charge < -0.3 is 15.3 Å². The molecule has 2 N–H and O–H groups in total. The molecule has 0 aliphatic carbocycles. The van der Waals surface area contributed by atoms with Crippen molar-refractivity contribution < 1.29 is 14.3 Å². The quantitative estimate of drug-likeness (QED) is 0.872. The van der Waals surface area contributed by atoms with Crippen molar-refractivity contribution in [2.45, 2.75) is 32.4 Å². The van der Waals surface area contributed by atoms with E-state index in [2.05, 4.69) is 10.2 Å². The second-order valence-electron chi connectivity index (χ2n) is 6.60. The van der Waals surface area contributed by atoms with Gasteiger partial charge in [0.25, 0.3) is 0 Å². The summed E-state index contributed by atoms with van der Waals surface area (Å²) in [7, 11) is 0. The molecule has 0 saturated carbocycles. The highest BCUT2D eigenvalue weighted by Gasteiger charge is 2.21. The summed E-state index contributed by atoms with van der Waals surface area (Å²) in [5.74, 6) is -1.10. The van der Waals surface area contributed by atoms with E-state index in [-0.39, 0.29) is 5.82 Å². The summed E-state index contributed by atoms with van der Waals surface area (Å²) >= 11 is 0. The van der Waals surface area contributed by atoms with Crippen molar-refractivity contribution in [3.05, 3.63) is 65.0 Å². The van der Waals surface area contributed by atoms with Crippen molar-refractivity contribution in [2.24, 2.45) is 0 Å². The van der Waals surface area contributed by atoms with Crippen LogP contribution in [0.25, 0.3) is 0 Å². The molecule has 0 aromatic heterocycles. The fourth-order valence-electron chi connectivity index (χ4n) is 3.36. The maximum absolute atomic E-state index is 13.3. The Morgan fingerprint density at radius 3 is 2.72 bits per heavy atom. The molecule has 2 aromatic carbocycles. The van der Waals surface area contributed by atoms with E-state index in [0.717, 1.165) is 42.7 Å². The number of nitrogens with zero attached hydrogens (tertiary/aromatic N) is 1. The Morgan fingerprint density at radius 2 is 2.04 bits per heavy atom. The average Bonchev–Trinajstić information content (AvgIpc) is 2.60. The summed E-state index contributed by atoms with van der Waals surface area (Å²) < 4.78 is 13.3. The number of carboxylic acid groups (broad SMARTS) is 1. The maximum atomic E-state index is 13.3. The molecule has 2 aromatic rings. The van der Waals surface area contributed by atoms with Gasteiger partial charge in [0.1, 0.15) is 5.82 Å². The van der Waals surface area contributed by atoms with Crippen LogP contribution in [-0.4, -0.2) is 30.2 Å². The molecule has 1 saturated heterocycles. The number of carboxylic acids is 1. The molecule has 132 valence electrons. The number of aromatic carboxylic acids is 1. The average molecular weight is 342 g/mol. The Labute approximate surface area is 147 Å². The van der Waals surface area contributed by atoms with Crippen LogP contribution < -0.4 is 10.2 Å². The zero-order valence-corrected chi connectivity index (χ0v) is 14.3. The number of anilines is 1. The number of halogens is 1. The molecule has 5 heteroatoms. The van der Waals surface area contributed by atoms with E-state index in [0.29, 0.717) is 18.2 Å². The van der Waals surface area contributed by atoms with Crippen molar-refractivity contribution >= 4 is 11.7 Å². The normalized spacial score (nSPS) is 17.5. The first-order valence-corrected chi connectivity index (χ1v) is 8.59. The van der Waals surface area contributed by atoms with Crippen LogP contribution in [0.15, 0.2) is 42.5 Å². The van der Waals surface area contributed by atoms with Crippen LogP contribution in [0.5, 0.6) is 0 Å². The van der Waals surface area contributed by atoms with Gasteiger partial charge in [-0.25, -0.2) is 9.18 Å². The van der Waals surface area contributed by atoms with Crippen LogP contribution in [-0.2, 0) is 6.54 Å². The third kappa shape index (κ3) is 4.37. The molecule has 0 amide bonds. The molecule has 1 atom stereocenters. The molecule has 0 bridgehead atoms. The third-order valence-electron chi connectivity index (χ3n) is 4.72.